The molecule has 0 bridgehead atoms. The predicted molar refractivity (Wildman–Crippen MR) is 50.9 cm³/mol. The van der Waals surface area contributed by atoms with Gasteiger partial charge in [0, 0.05) is 16.9 Å². The summed E-state index contributed by atoms with van der Waals surface area (Å²) in [5.74, 6) is 0. The Bertz CT molecular complexity index is 230. The van der Waals surface area contributed by atoms with Gasteiger partial charge in [-0.1, -0.05) is 24.9 Å². The highest BCUT2D eigenvalue weighted by molar-refractivity contribution is 9.10. The van der Waals surface area contributed by atoms with Crippen molar-refractivity contribution in [3.8, 4) is 0 Å². The van der Waals surface area contributed by atoms with E-state index in [4.69, 9.17) is 11.6 Å². The SMILES string of the molecule is CCCc1c(Cl)cncc1Br. The van der Waals surface area contributed by atoms with Crippen molar-refractivity contribution in [3.05, 3.63) is 27.5 Å². The van der Waals surface area contributed by atoms with Crippen LogP contribution in [-0.2, 0) is 6.42 Å². The largest absolute Gasteiger partial charge is 0.262 e. The molecule has 0 radical (unpaired) electrons. The van der Waals surface area contributed by atoms with Crippen LogP contribution in [0.15, 0.2) is 16.9 Å². The standard InChI is InChI=1S/C8H9BrClN/c1-2-3-6-7(9)4-11-5-8(6)10/h4-5H,2-3H2,1H3. The zero-order chi connectivity index (χ0) is 8.27. The number of halogens is 2. The number of hydrogen-bond acceptors (Lipinski definition) is 1. The summed E-state index contributed by atoms with van der Waals surface area (Å²) < 4.78 is 1.01. The Kier molecular flexibility index (Phi) is 3.34. The lowest BCUT2D eigenvalue weighted by Gasteiger charge is -2.03. The first-order chi connectivity index (χ1) is 5.25. The number of rotatable bonds is 2. The second-order valence-electron chi connectivity index (χ2n) is 2.33. The second-order valence-corrected chi connectivity index (χ2v) is 3.59. The maximum atomic E-state index is 5.92. The zero-order valence-corrected chi connectivity index (χ0v) is 8.61. The van der Waals surface area contributed by atoms with E-state index in [-0.39, 0.29) is 0 Å². The lowest BCUT2D eigenvalue weighted by molar-refractivity contribution is 0.913. The van der Waals surface area contributed by atoms with Gasteiger partial charge in [-0.05, 0) is 27.9 Å². The van der Waals surface area contributed by atoms with Gasteiger partial charge in [0.15, 0.2) is 0 Å². The van der Waals surface area contributed by atoms with Crippen LogP contribution >= 0.6 is 27.5 Å². The van der Waals surface area contributed by atoms with E-state index < -0.39 is 0 Å². The van der Waals surface area contributed by atoms with E-state index in [1.54, 1.807) is 12.4 Å². The van der Waals surface area contributed by atoms with E-state index in [1.165, 1.54) is 0 Å². The minimum atomic E-state index is 0.751. The molecular weight excluding hydrogens is 225 g/mol. The first-order valence-corrected chi connectivity index (χ1v) is 4.70. The predicted octanol–water partition coefficient (Wildman–Crippen LogP) is 3.45. The van der Waals surface area contributed by atoms with E-state index in [0.29, 0.717) is 0 Å². The molecule has 0 spiro atoms. The summed E-state index contributed by atoms with van der Waals surface area (Å²) in [6, 6.07) is 0. The molecular formula is C8H9BrClN. The Balaban J connectivity index is 3.00. The van der Waals surface area contributed by atoms with Crippen molar-refractivity contribution in [2.75, 3.05) is 0 Å². The average Bonchev–Trinajstić information content (AvgIpc) is 1.97. The lowest BCUT2D eigenvalue weighted by Crippen LogP contribution is -1.88. The van der Waals surface area contributed by atoms with Crippen molar-refractivity contribution in [2.45, 2.75) is 19.8 Å². The van der Waals surface area contributed by atoms with E-state index in [0.717, 1.165) is 27.9 Å². The number of pyridine rings is 1. The Morgan fingerprint density at radius 3 is 2.82 bits per heavy atom. The lowest BCUT2D eigenvalue weighted by atomic mass is 10.2. The zero-order valence-electron chi connectivity index (χ0n) is 6.27. The molecule has 0 saturated heterocycles. The van der Waals surface area contributed by atoms with Crippen molar-refractivity contribution in [2.24, 2.45) is 0 Å². The topological polar surface area (TPSA) is 12.9 Å². The van der Waals surface area contributed by atoms with E-state index in [2.05, 4.69) is 27.8 Å². The number of aromatic nitrogens is 1. The third-order valence-electron chi connectivity index (χ3n) is 1.45. The fraction of sp³-hybridized carbons (Fsp3) is 0.375. The van der Waals surface area contributed by atoms with E-state index >= 15 is 0 Å². The maximum Gasteiger partial charge on any atom is 0.0632 e. The van der Waals surface area contributed by atoms with Crippen LogP contribution in [0.5, 0.6) is 0 Å². The third kappa shape index (κ3) is 2.17. The molecule has 3 heteroatoms. The van der Waals surface area contributed by atoms with Crippen LogP contribution in [0.1, 0.15) is 18.9 Å². The van der Waals surface area contributed by atoms with Gasteiger partial charge in [0.1, 0.15) is 0 Å². The highest BCUT2D eigenvalue weighted by Gasteiger charge is 2.02. The fourth-order valence-corrected chi connectivity index (χ4v) is 1.82. The quantitative estimate of drug-likeness (QED) is 0.764. The highest BCUT2D eigenvalue weighted by atomic mass is 79.9. The molecule has 0 aliphatic carbocycles. The minimum Gasteiger partial charge on any atom is -0.262 e. The van der Waals surface area contributed by atoms with Crippen molar-refractivity contribution in [1.29, 1.82) is 0 Å². The van der Waals surface area contributed by atoms with Crippen molar-refractivity contribution < 1.29 is 0 Å². The molecule has 0 aromatic carbocycles. The highest BCUT2D eigenvalue weighted by Crippen LogP contribution is 2.24. The van der Waals surface area contributed by atoms with Crippen LogP contribution in [0.2, 0.25) is 5.02 Å². The molecule has 0 aliphatic rings. The summed E-state index contributed by atoms with van der Waals surface area (Å²) in [6.07, 6.45) is 5.55. The molecule has 1 aromatic heterocycles. The van der Waals surface area contributed by atoms with Gasteiger partial charge in [0.25, 0.3) is 0 Å². The first-order valence-electron chi connectivity index (χ1n) is 3.53. The van der Waals surface area contributed by atoms with Crippen LogP contribution < -0.4 is 0 Å². The first kappa shape index (κ1) is 9.01. The van der Waals surface area contributed by atoms with E-state index in [9.17, 15) is 0 Å². The molecule has 0 N–H and O–H groups in total. The Labute approximate surface area is 79.9 Å². The molecule has 0 atom stereocenters. The molecule has 11 heavy (non-hydrogen) atoms. The van der Waals surface area contributed by atoms with Crippen molar-refractivity contribution in [3.63, 3.8) is 0 Å². The molecule has 1 rings (SSSR count). The van der Waals surface area contributed by atoms with Gasteiger partial charge in [0.2, 0.25) is 0 Å². The molecule has 60 valence electrons. The van der Waals surface area contributed by atoms with Gasteiger partial charge in [0.05, 0.1) is 5.02 Å². The minimum absolute atomic E-state index is 0.751. The van der Waals surface area contributed by atoms with Crippen LogP contribution in [0.25, 0.3) is 0 Å². The molecule has 0 amide bonds. The van der Waals surface area contributed by atoms with Gasteiger partial charge in [-0.25, -0.2) is 0 Å². The molecule has 0 fully saturated rings. The Hall–Kier alpha value is -0.0800. The monoisotopic (exact) mass is 233 g/mol. The maximum absolute atomic E-state index is 5.92. The Morgan fingerprint density at radius 2 is 2.27 bits per heavy atom. The number of nitrogens with zero attached hydrogens (tertiary/aromatic N) is 1. The smallest absolute Gasteiger partial charge is 0.0632 e. The summed E-state index contributed by atoms with van der Waals surface area (Å²) in [7, 11) is 0. The van der Waals surface area contributed by atoms with Gasteiger partial charge in [-0.15, -0.1) is 0 Å². The van der Waals surface area contributed by atoms with Crippen LogP contribution in [0.4, 0.5) is 0 Å². The van der Waals surface area contributed by atoms with Gasteiger partial charge in [-0.2, -0.15) is 0 Å². The average molecular weight is 235 g/mol. The van der Waals surface area contributed by atoms with Crippen LogP contribution in [-0.4, -0.2) is 4.98 Å². The summed E-state index contributed by atoms with van der Waals surface area (Å²) in [4.78, 5) is 3.95. The van der Waals surface area contributed by atoms with Gasteiger partial charge < -0.3 is 0 Å². The van der Waals surface area contributed by atoms with Crippen LogP contribution in [0.3, 0.4) is 0 Å². The van der Waals surface area contributed by atoms with E-state index in [1.807, 2.05) is 0 Å². The molecule has 1 aromatic rings. The molecule has 0 aliphatic heterocycles. The molecule has 1 nitrogen and oxygen atoms in total. The van der Waals surface area contributed by atoms with Gasteiger partial charge in [-0.3, -0.25) is 4.98 Å². The molecule has 1 heterocycles. The second kappa shape index (κ2) is 4.07. The fourth-order valence-electron chi connectivity index (χ4n) is 0.927. The summed E-state index contributed by atoms with van der Waals surface area (Å²) in [5, 5.41) is 0.751. The van der Waals surface area contributed by atoms with Gasteiger partial charge >= 0.3 is 0 Å². The summed E-state index contributed by atoms with van der Waals surface area (Å²) in [6.45, 7) is 2.13. The molecule has 0 saturated carbocycles. The Morgan fingerprint density at radius 1 is 1.55 bits per heavy atom. The normalized spacial score (nSPS) is 10.1. The third-order valence-corrected chi connectivity index (χ3v) is 2.46. The van der Waals surface area contributed by atoms with Crippen molar-refractivity contribution in [1.82, 2.24) is 4.98 Å². The van der Waals surface area contributed by atoms with Crippen molar-refractivity contribution >= 4 is 27.5 Å². The summed E-state index contributed by atoms with van der Waals surface area (Å²) in [5.41, 5.74) is 1.16. The van der Waals surface area contributed by atoms with Crippen LogP contribution in [0, 0.1) is 0 Å². The molecule has 0 unspecified atom stereocenters. The summed E-state index contributed by atoms with van der Waals surface area (Å²) >= 11 is 9.32. The number of hydrogen-bond donors (Lipinski definition) is 0.